The van der Waals surface area contributed by atoms with Crippen LogP contribution in [0.15, 0.2) is 0 Å². The summed E-state index contributed by atoms with van der Waals surface area (Å²) in [6.07, 6.45) is 2.67. The molecule has 0 bridgehead atoms. The monoisotopic (exact) mass is 270 g/mol. The van der Waals surface area contributed by atoms with E-state index in [1.807, 2.05) is 13.8 Å². The molecule has 0 aromatic heterocycles. The highest BCUT2D eigenvalue weighted by atomic mass is 16.5. The van der Waals surface area contributed by atoms with Crippen molar-refractivity contribution in [1.82, 2.24) is 10.2 Å². The Balaban J connectivity index is 2.92. The summed E-state index contributed by atoms with van der Waals surface area (Å²) in [4.78, 5) is 37.0. The quantitative estimate of drug-likeness (QED) is 0.707. The van der Waals surface area contributed by atoms with Gasteiger partial charge in [0.1, 0.15) is 5.92 Å². The molecule has 108 valence electrons. The highest BCUT2D eigenvalue weighted by Gasteiger charge is 2.42. The number of ether oxygens (including phenoxy) is 1. The van der Waals surface area contributed by atoms with Crippen LogP contribution in [-0.2, 0) is 14.3 Å². The fourth-order valence-corrected chi connectivity index (χ4v) is 2.33. The molecule has 1 aliphatic heterocycles. The lowest BCUT2D eigenvalue weighted by Crippen LogP contribution is -2.61. The Bertz CT molecular complexity index is 351. The number of hydrogen-bond acceptors (Lipinski definition) is 4. The maximum absolute atomic E-state index is 12.3. The molecule has 0 aromatic carbocycles. The molecule has 1 heterocycles. The topological polar surface area (TPSA) is 75.7 Å². The predicted molar refractivity (Wildman–Crippen MR) is 69.4 cm³/mol. The SMILES string of the molecule is CCCC1C(=O)NC(=O)N(C(CCC)COC)C1=O. The average molecular weight is 270 g/mol. The van der Waals surface area contributed by atoms with Crippen molar-refractivity contribution in [1.29, 1.82) is 0 Å². The zero-order valence-corrected chi connectivity index (χ0v) is 11.8. The molecule has 0 saturated carbocycles. The average Bonchev–Trinajstić information content (AvgIpc) is 2.34. The van der Waals surface area contributed by atoms with Gasteiger partial charge in [0.05, 0.1) is 12.6 Å². The lowest BCUT2D eigenvalue weighted by atomic mass is 9.97. The molecular weight excluding hydrogens is 248 g/mol. The van der Waals surface area contributed by atoms with Gasteiger partial charge in [-0.05, 0) is 12.8 Å². The van der Waals surface area contributed by atoms with Gasteiger partial charge in [-0.25, -0.2) is 4.79 Å². The summed E-state index contributed by atoms with van der Waals surface area (Å²) in [5.74, 6) is -1.63. The van der Waals surface area contributed by atoms with Crippen LogP contribution in [-0.4, -0.2) is 42.5 Å². The lowest BCUT2D eigenvalue weighted by molar-refractivity contribution is -0.145. The van der Waals surface area contributed by atoms with E-state index in [2.05, 4.69) is 5.32 Å². The number of hydrogen-bond donors (Lipinski definition) is 1. The number of urea groups is 1. The number of nitrogens with one attached hydrogen (secondary N) is 1. The van der Waals surface area contributed by atoms with Crippen molar-refractivity contribution in [2.75, 3.05) is 13.7 Å². The van der Waals surface area contributed by atoms with Gasteiger partial charge in [0.15, 0.2) is 0 Å². The van der Waals surface area contributed by atoms with Crippen LogP contribution < -0.4 is 5.32 Å². The third-order valence-corrected chi connectivity index (χ3v) is 3.22. The molecule has 1 N–H and O–H groups in total. The Morgan fingerprint density at radius 1 is 1.26 bits per heavy atom. The smallest absolute Gasteiger partial charge is 0.331 e. The molecule has 6 nitrogen and oxygen atoms in total. The van der Waals surface area contributed by atoms with E-state index >= 15 is 0 Å². The van der Waals surface area contributed by atoms with Crippen molar-refractivity contribution < 1.29 is 19.1 Å². The third kappa shape index (κ3) is 3.53. The zero-order chi connectivity index (χ0) is 14.4. The molecule has 2 unspecified atom stereocenters. The van der Waals surface area contributed by atoms with Crippen LogP contribution in [0.5, 0.6) is 0 Å². The van der Waals surface area contributed by atoms with Crippen LogP contribution in [0.3, 0.4) is 0 Å². The zero-order valence-electron chi connectivity index (χ0n) is 11.8. The van der Waals surface area contributed by atoms with Gasteiger partial charge in [0.2, 0.25) is 11.8 Å². The summed E-state index contributed by atoms with van der Waals surface area (Å²) in [6, 6.07) is -0.937. The summed E-state index contributed by atoms with van der Waals surface area (Å²) < 4.78 is 5.07. The maximum atomic E-state index is 12.3. The fourth-order valence-electron chi connectivity index (χ4n) is 2.33. The minimum Gasteiger partial charge on any atom is -0.383 e. The number of barbiturate groups is 1. The summed E-state index contributed by atoms with van der Waals surface area (Å²) in [5, 5.41) is 2.26. The van der Waals surface area contributed by atoms with Crippen LogP contribution in [0, 0.1) is 5.92 Å². The molecular formula is C13H22N2O4. The second-order valence-electron chi connectivity index (χ2n) is 4.74. The first-order valence-corrected chi connectivity index (χ1v) is 6.73. The second-order valence-corrected chi connectivity index (χ2v) is 4.74. The molecule has 1 aliphatic rings. The van der Waals surface area contributed by atoms with Gasteiger partial charge in [-0.1, -0.05) is 26.7 Å². The second kappa shape index (κ2) is 7.23. The Labute approximate surface area is 113 Å². The maximum Gasteiger partial charge on any atom is 0.331 e. The van der Waals surface area contributed by atoms with Crippen LogP contribution in [0.25, 0.3) is 0 Å². The number of nitrogens with zero attached hydrogens (tertiary/aromatic N) is 1. The predicted octanol–water partition coefficient (Wildman–Crippen LogP) is 1.30. The van der Waals surface area contributed by atoms with Gasteiger partial charge in [-0.15, -0.1) is 0 Å². The molecule has 0 radical (unpaired) electrons. The van der Waals surface area contributed by atoms with Gasteiger partial charge in [-0.2, -0.15) is 0 Å². The normalized spacial score (nSPS) is 21.5. The number of imide groups is 2. The van der Waals surface area contributed by atoms with E-state index in [0.717, 1.165) is 11.3 Å². The first-order valence-electron chi connectivity index (χ1n) is 6.73. The number of carbonyl (C=O) groups is 3. The number of methoxy groups -OCH3 is 1. The summed E-state index contributed by atoms with van der Waals surface area (Å²) in [5.41, 5.74) is 0. The largest absolute Gasteiger partial charge is 0.383 e. The van der Waals surface area contributed by atoms with Gasteiger partial charge < -0.3 is 4.74 Å². The standard InChI is InChI=1S/C13H22N2O4/c1-4-6-9(8-19-3)15-12(17)10(7-5-2)11(16)14-13(15)18/h9-10H,4-8H2,1-3H3,(H,14,16,18). The van der Waals surface area contributed by atoms with Crippen molar-refractivity contribution in [2.24, 2.45) is 5.92 Å². The number of carbonyl (C=O) groups excluding carboxylic acids is 3. The lowest BCUT2D eigenvalue weighted by Gasteiger charge is -2.35. The van der Waals surface area contributed by atoms with Crippen LogP contribution in [0.4, 0.5) is 4.79 Å². The molecule has 1 fully saturated rings. The van der Waals surface area contributed by atoms with Crippen molar-refractivity contribution in [3.05, 3.63) is 0 Å². The van der Waals surface area contributed by atoms with E-state index in [4.69, 9.17) is 4.74 Å². The van der Waals surface area contributed by atoms with Crippen molar-refractivity contribution >= 4 is 17.8 Å². The molecule has 19 heavy (non-hydrogen) atoms. The van der Waals surface area contributed by atoms with Crippen molar-refractivity contribution in [3.8, 4) is 0 Å². The van der Waals surface area contributed by atoms with Crippen LogP contribution in [0.1, 0.15) is 39.5 Å². The van der Waals surface area contributed by atoms with Gasteiger partial charge in [0.25, 0.3) is 0 Å². The van der Waals surface area contributed by atoms with Gasteiger partial charge >= 0.3 is 6.03 Å². The number of amides is 4. The van der Waals surface area contributed by atoms with E-state index in [1.165, 1.54) is 7.11 Å². The van der Waals surface area contributed by atoms with Crippen LogP contribution in [0.2, 0.25) is 0 Å². The third-order valence-electron chi connectivity index (χ3n) is 3.22. The fraction of sp³-hybridized carbons (Fsp3) is 0.769. The summed E-state index contributed by atoms with van der Waals surface area (Å²) >= 11 is 0. The molecule has 1 saturated heterocycles. The Morgan fingerprint density at radius 2 is 1.95 bits per heavy atom. The van der Waals surface area contributed by atoms with Crippen molar-refractivity contribution in [2.45, 2.75) is 45.6 Å². The molecule has 4 amide bonds. The molecule has 6 heteroatoms. The first kappa shape index (κ1) is 15.6. The highest BCUT2D eigenvalue weighted by molar-refractivity contribution is 6.16. The Kier molecular flexibility index (Phi) is 5.95. The van der Waals surface area contributed by atoms with E-state index in [0.29, 0.717) is 25.9 Å². The molecule has 1 rings (SSSR count). The number of rotatable bonds is 7. The summed E-state index contributed by atoms with van der Waals surface area (Å²) in [7, 11) is 1.53. The molecule has 0 aromatic rings. The Hall–Kier alpha value is -1.43. The van der Waals surface area contributed by atoms with Crippen molar-refractivity contribution in [3.63, 3.8) is 0 Å². The van der Waals surface area contributed by atoms with E-state index in [9.17, 15) is 14.4 Å². The minimum atomic E-state index is -0.751. The first-order chi connectivity index (χ1) is 9.06. The van der Waals surface area contributed by atoms with E-state index in [1.54, 1.807) is 0 Å². The summed E-state index contributed by atoms with van der Waals surface area (Å²) in [6.45, 7) is 4.17. The molecule has 0 aliphatic carbocycles. The highest BCUT2D eigenvalue weighted by Crippen LogP contribution is 2.20. The van der Waals surface area contributed by atoms with Crippen LogP contribution >= 0.6 is 0 Å². The Morgan fingerprint density at radius 3 is 2.47 bits per heavy atom. The van der Waals surface area contributed by atoms with Gasteiger partial charge in [-0.3, -0.25) is 19.8 Å². The van der Waals surface area contributed by atoms with E-state index < -0.39 is 23.8 Å². The molecule has 2 atom stereocenters. The molecule has 0 spiro atoms. The van der Waals surface area contributed by atoms with Gasteiger partial charge in [0, 0.05) is 7.11 Å². The van der Waals surface area contributed by atoms with E-state index in [-0.39, 0.29) is 6.04 Å². The minimum absolute atomic E-state index is 0.292.